The number of aromatic hydroxyl groups is 1. The van der Waals surface area contributed by atoms with Gasteiger partial charge < -0.3 is 81.0 Å². The number of aliphatic carboxylic acids is 1. The van der Waals surface area contributed by atoms with E-state index in [9.17, 15) is 53.4 Å². The third-order valence-electron chi connectivity index (χ3n) is 12.4. The minimum Gasteiger partial charge on any atom is -0.508 e. The maximum absolute atomic E-state index is 14.3. The maximum Gasteiger partial charge on any atom is 0.326 e. The number of carbonyl (C=O) groups excluding carboxylic acids is 8. The Morgan fingerprint density at radius 3 is 1.78 bits per heavy atom. The lowest BCUT2D eigenvalue weighted by atomic mass is 10.0. The molecule has 0 bridgehead atoms. The lowest BCUT2D eigenvalue weighted by molar-refractivity contribution is -0.143. The Labute approximate surface area is 448 Å². The second-order valence-electron chi connectivity index (χ2n) is 19.7. The number of carbonyl (C=O) groups is 9. The zero-order chi connectivity index (χ0) is 57.4. The van der Waals surface area contributed by atoms with Crippen molar-refractivity contribution in [2.24, 2.45) is 50.5 Å². The Kier molecular flexibility index (Phi) is 26.1. The van der Waals surface area contributed by atoms with Gasteiger partial charge in [-0.05, 0) is 87.0 Å². The van der Waals surface area contributed by atoms with Crippen LogP contribution >= 0.6 is 0 Å². The van der Waals surface area contributed by atoms with Crippen LogP contribution in [0.1, 0.15) is 90.7 Å². The highest BCUT2D eigenvalue weighted by Crippen LogP contribution is 2.20. The number of carboxylic acid groups (broad SMARTS) is 1. The number of phenols is 1. The van der Waals surface area contributed by atoms with Crippen LogP contribution in [-0.2, 0) is 56.0 Å². The fraction of sp³-hybridized carbons (Fsp3) is 0.549. The molecule has 424 valence electrons. The monoisotopic (exact) mass is 1080 g/mol. The molecule has 0 saturated carbocycles. The Balaban J connectivity index is 1.76. The number of nitrogens with zero attached hydrogens (tertiary/aromatic N) is 3. The Bertz CT molecular complexity index is 2380. The van der Waals surface area contributed by atoms with Gasteiger partial charge in [0.1, 0.15) is 48.0 Å². The van der Waals surface area contributed by atoms with Crippen molar-refractivity contribution in [3.8, 4) is 5.75 Å². The number of likely N-dealkylation sites (tertiary alicyclic amines) is 1. The summed E-state index contributed by atoms with van der Waals surface area (Å²) in [5.74, 6) is -8.05. The van der Waals surface area contributed by atoms with Gasteiger partial charge in [-0.15, -0.1) is 0 Å². The summed E-state index contributed by atoms with van der Waals surface area (Å²) in [7, 11) is 0. The molecule has 8 amide bonds. The summed E-state index contributed by atoms with van der Waals surface area (Å²) in [5.41, 5.74) is 28.9. The van der Waals surface area contributed by atoms with Crippen LogP contribution < -0.4 is 65.9 Å². The molecular formula is C51H79N15O11. The summed E-state index contributed by atoms with van der Waals surface area (Å²) in [6.07, 6.45) is 1.43. The molecule has 26 nitrogen and oxygen atoms in total. The molecule has 1 fully saturated rings. The summed E-state index contributed by atoms with van der Waals surface area (Å²) >= 11 is 0. The summed E-state index contributed by atoms with van der Waals surface area (Å²) in [6.45, 7) is 8.11. The van der Waals surface area contributed by atoms with Crippen molar-refractivity contribution >= 4 is 65.1 Å². The molecule has 19 N–H and O–H groups in total. The summed E-state index contributed by atoms with van der Waals surface area (Å²) in [6, 6.07) is 5.18. The Morgan fingerprint density at radius 2 is 1.19 bits per heavy atom. The van der Waals surface area contributed by atoms with Gasteiger partial charge in [-0.2, -0.15) is 0 Å². The Hall–Kier alpha value is -8.03. The molecule has 26 heteroatoms. The summed E-state index contributed by atoms with van der Waals surface area (Å²) in [5, 5.41) is 37.9. The second kappa shape index (κ2) is 31.8. The Morgan fingerprint density at radius 1 is 0.649 bits per heavy atom. The van der Waals surface area contributed by atoms with E-state index >= 15 is 0 Å². The van der Waals surface area contributed by atoms with Crippen LogP contribution in [0.15, 0.2) is 64.6 Å². The predicted molar refractivity (Wildman–Crippen MR) is 287 cm³/mol. The molecule has 0 aromatic heterocycles. The number of nitrogens with one attached hydrogen (secondary N) is 7. The molecular weight excluding hydrogens is 999 g/mol. The van der Waals surface area contributed by atoms with Crippen LogP contribution in [0, 0.1) is 11.8 Å². The number of guanidine groups is 2. The number of nitrogens with two attached hydrogens (primary N) is 5. The van der Waals surface area contributed by atoms with Crippen LogP contribution in [-0.4, -0.2) is 155 Å². The number of aliphatic imine (C=N–C) groups is 2. The first-order valence-electron chi connectivity index (χ1n) is 25.7. The number of amides is 8. The lowest BCUT2D eigenvalue weighted by Gasteiger charge is -2.30. The number of rotatable bonds is 31. The van der Waals surface area contributed by atoms with Gasteiger partial charge in [-0.1, -0.05) is 70.2 Å². The predicted octanol–water partition coefficient (Wildman–Crippen LogP) is -2.57. The molecule has 0 spiro atoms. The minimum absolute atomic E-state index is 0.0446. The van der Waals surface area contributed by atoms with Crippen LogP contribution in [0.25, 0.3) is 0 Å². The van der Waals surface area contributed by atoms with Gasteiger partial charge in [0.25, 0.3) is 0 Å². The third kappa shape index (κ3) is 22.4. The van der Waals surface area contributed by atoms with Crippen LogP contribution in [0.5, 0.6) is 5.75 Å². The molecule has 1 aliphatic heterocycles. The fourth-order valence-corrected chi connectivity index (χ4v) is 8.28. The molecule has 0 aliphatic carbocycles. The van der Waals surface area contributed by atoms with Crippen molar-refractivity contribution in [1.82, 2.24) is 42.1 Å². The molecule has 0 unspecified atom stereocenters. The summed E-state index contributed by atoms with van der Waals surface area (Å²) < 4.78 is 0. The first-order valence-corrected chi connectivity index (χ1v) is 25.7. The zero-order valence-electron chi connectivity index (χ0n) is 44.5. The van der Waals surface area contributed by atoms with Crippen LogP contribution in [0.3, 0.4) is 0 Å². The lowest BCUT2D eigenvalue weighted by Crippen LogP contribution is -2.59. The van der Waals surface area contributed by atoms with Gasteiger partial charge in [-0.25, -0.2) is 4.79 Å². The first kappa shape index (κ1) is 63.3. The molecule has 3 rings (SSSR count). The van der Waals surface area contributed by atoms with Crippen molar-refractivity contribution in [3.05, 3.63) is 65.7 Å². The largest absolute Gasteiger partial charge is 0.508 e. The van der Waals surface area contributed by atoms with Crippen molar-refractivity contribution in [2.75, 3.05) is 26.2 Å². The number of benzene rings is 2. The van der Waals surface area contributed by atoms with Gasteiger partial charge in [-0.3, -0.25) is 48.3 Å². The smallest absolute Gasteiger partial charge is 0.326 e. The molecule has 8 atom stereocenters. The van der Waals surface area contributed by atoms with E-state index in [1.807, 2.05) is 0 Å². The fourth-order valence-electron chi connectivity index (χ4n) is 8.28. The number of phenolic OH excluding ortho intramolecular Hbond substituents is 1. The van der Waals surface area contributed by atoms with Crippen molar-refractivity contribution in [1.29, 1.82) is 0 Å². The quantitative estimate of drug-likeness (QED) is 0.0210. The first-order chi connectivity index (χ1) is 36.4. The van der Waals surface area contributed by atoms with E-state index in [2.05, 4.69) is 47.2 Å². The van der Waals surface area contributed by atoms with Gasteiger partial charge >= 0.3 is 5.97 Å². The number of carboxylic acids is 1. The van der Waals surface area contributed by atoms with Crippen molar-refractivity contribution in [3.63, 3.8) is 0 Å². The van der Waals surface area contributed by atoms with E-state index in [1.54, 1.807) is 58.0 Å². The number of hydrogen-bond acceptors (Lipinski definition) is 13. The average Bonchev–Trinajstić information content (AvgIpc) is 3.87. The molecule has 1 saturated heterocycles. The van der Waals surface area contributed by atoms with E-state index in [0.29, 0.717) is 24.0 Å². The molecule has 2 aromatic rings. The summed E-state index contributed by atoms with van der Waals surface area (Å²) in [4.78, 5) is 131. The number of hydrogen-bond donors (Lipinski definition) is 14. The van der Waals surface area contributed by atoms with E-state index in [1.165, 1.54) is 36.1 Å². The molecule has 1 heterocycles. The van der Waals surface area contributed by atoms with Gasteiger partial charge in [0.05, 0.1) is 12.6 Å². The highest BCUT2D eigenvalue weighted by molar-refractivity contribution is 5.97. The standard InChI is InChI=1S/C51H79N15O11/c1-28(2)24-36(45(72)62-35(15-10-22-58-51(55)56)44(71)63-37(25-32-17-19-33(67)20-18-32)46(73)65-41(29(3)4)49(76)77)61-40(68)27-59-47(74)39-16-11-23-66(39)48(75)38(26-31-12-7-6-8-13-31)64-42(69)30(5)60-43(70)34(52)14-9-21-57-50(53)54/h6-8,12-13,17-20,28-30,34-39,41,67H,9-11,14-16,21-27,52H2,1-5H3,(H,59,74)(H,60,70)(H,61,68)(H,62,72)(H,63,71)(H,64,69)(H,65,73)(H,76,77)(H4,53,54,57)(H4,55,56,58)/t30-,34-,35-,36-,37-,38-,39-,41-/m0/s1. The van der Waals surface area contributed by atoms with Gasteiger partial charge in [0, 0.05) is 32.5 Å². The SMILES string of the molecule is CC(C)C[C@H](NC(=O)CNC(=O)[C@@H]1CCCN1C(=O)[C@H](Cc1ccccc1)NC(=O)[C@H](C)NC(=O)[C@@H](N)CCCN=C(N)N)C(=O)N[C@@H](CCCN=C(N)N)C(=O)N[C@@H](Cc1ccc(O)cc1)C(=O)N[C@H](C(=O)O)C(C)C. The molecule has 1 aliphatic rings. The second-order valence-corrected chi connectivity index (χ2v) is 19.7. The van der Waals surface area contributed by atoms with E-state index in [-0.39, 0.29) is 88.2 Å². The minimum atomic E-state index is -1.35. The normalized spacial score (nSPS) is 15.7. The molecule has 0 radical (unpaired) electrons. The van der Waals surface area contributed by atoms with E-state index < -0.39 is 114 Å². The van der Waals surface area contributed by atoms with Gasteiger partial charge in [0.15, 0.2) is 11.9 Å². The zero-order valence-corrected chi connectivity index (χ0v) is 44.5. The topological polar surface area (TPSA) is 436 Å². The molecule has 2 aromatic carbocycles. The maximum atomic E-state index is 14.3. The van der Waals surface area contributed by atoms with E-state index in [4.69, 9.17) is 28.7 Å². The highest BCUT2D eigenvalue weighted by atomic mass is 16.4. The third-order valence-corrected chi connectivity index (χ3v) is 12.4. The van der Waals surface area contributed by atoms with E-state index in [0.717, 1.165) is 0 Å². The molecule has 77 heavy (non-hydrogen) atoms. The van der Waals surface area contributed by atoms with Gasteiger partial charge in [0.2, 0.25) is 47.3 Å². The van der Waals surface area contributed by atoms with Crippen molar-refractivity contribution < 1.29 is 53.4 Å². The highest BCUT2D eigenvalue weighted by Gasteiger charge is 2.39. The van der Waals surface area contributed by atoms with Crippen LogP contribution in [0.4, 0.5) is 0 Å². The van der Waals surface area contributed by atoms with Crippen molar-refractivity contribution in [2.45, 2.75) is 141 Å². The van der Waals surface area contributed by atoms with Crippen LogP contribution in [0.2, 0.25) is 0 Å². The average molecular weight is 1080 g/mol.